The Morgan fingerprint density at radius 3 is 2.88 bits per heavy atom. The quantitative estimate of drug-likeness (QED) is 0.832. The van der Waals surface area contributed by atoms with E-state index >= 15 is 0 Å². The average Bonchev–Trinajstić information content (AvgIpc) is 3.06. The van der Waals surface area contributed by atoms with Crippen molar-refractivity contribution in [2.75, 3.05) is 20.4 Å². The van der Waals surface area contributed by atoms with Crippen molar-refractivity contribution in [2.45, 2.75) is 12.6 Å². The maximum Gasteiger partial charge on any atom is 0.231 e. The fourth-order valence-corrected chi connectivity index (χ4v) is 3.92. The van der Waals surface area contributed by atoms with Crippen LogP contribution in [0.25, 0.3) is 11.8 Å². The second kappa shape index (κ2) is 5.00. The third-order valence-electron chi connectivity index (χ3n) is 5.09. The molecular weight excluding hydrogens is 306 g/mol. The number of aliphatic hydroxyl groups excluding tert-OH is 1. The maximum atomic E-state index is 10.6. The van der Waals surface area contributed by atoms with Crippen molar-refractivity contribution >= 4 is 11.8 Å². The zero-order valence-electron chi connectivity index (χ0n) is 13.3. The van der Waals surface area contributed by atoms with E-state index in [9.17, 15) is 5.11 Å². The van der Waals surface area contributed by atoms with Crippen LogP contribution in [0.4, 0.5) is 0 Å². The molecule has 0 aliphatic carbocycles. The Morgan fingerprint density at radius 2 is 2.04 bits per heavy atom. The third kappa shape index (κ3) is 1.89. The third-order valence-corrected chi connectivity index (χ3v) is 5.09. The molecule has 3 aliphatic heterocycles. The highest BCUT2D eigenvalue weighted by Crippen LogP contribution is 2.41. The molecule has 2 aromatic carbocycles. The van der Waals surface area contributed by atoms with E-state index in [-0.39, 0.29) is 6.79 Å². The molecule has 2 N–H and O–H groups in total. The zero-order valence-corrected chi connectivity index (χ0v) is 13.3. The summed E-state index contributed by atoms with van der Waals surface area (Å²) in [6, 6.07) is 10.0. The molecule has 0 saturated carbocycles. The predicted octanol–water partition coefficient (Wildman–Crippen LogP) is 1.37. The Morgan fingerprint density at radius 1 is 1.21 bits per heavy atom. The molecule has 24 heavy (non-hydrogen) atoms. The lowest BCUT2D eigenvalue weighted by molar-refractivity contribution is -0.846. The van der Waals surface area contributed by atoms with Gasteiger partial charge in [-0.05, 0) is 23.8 Å². The van der Waals surface area contributed by atoms with E-state index in [1.54, 1.807) is 7.11 Å². The van der Waals surface area contributed by atoms with Gasteiger partial charge in [-0.15, -0.1) is 0 Å². The predicted molar refractivity (Wildman–Crippen MR) is 87.9 cm³/mol. The molecule has 2 aromatic rings. The van der Waals surface area contributed by atoms with Gasteiger partial charge in [0.1, 0.15) is 30.6 Å². The number of ether oxygens (including phenoxy) is 3. The van der Waals surface area contributed by atoms with E-state index in [4.69, 9.17) is 14.2 Å². The fraction of sp³-hybridized carbons (Fsp3) is 0.263. The standard InChI is InChI=1S/C19H17NO4/c1-22-17-4-2-3-11-5-15-12-6-18-19(24-10-23-18)7-13(12)16(21)9-20(15)8-14(11)17/h2-7,16,21H,8-10H2,1H3/p+1. The van der Waals surface area contributed by atoms with Crippen molar-refractivity contribution in [3.63, 3.8) is 0 Å². The highest BCUT2D eigenvalue weighted by Gasteiger charge is 2.37. The number of quaternary nitrogens is 1. The number of rotatable bonds is 1. The summed E-state index contributed by atoms with van der Waals surface area (Å²) >= 11 is 0. The fourth-order valence-electron chi connectivity index (χ4n) is 3.92. The molecule has 122 valence electrons. The Bertz CT molecular complexity index is 874. The van der Waals surface area contributed by atoms with Crippen LogP contribution in [0.3, 0.4) is 0 Å². The van der Waals surface area contributed by atoms with Crippen molar-refractivity contribution in [1.82, 2.24) is 0 Å². The molecule has 5 heteroatoms. The van der Waals surface area contributed by atoms with Gasteiger partial charge in [0.05, 0.1) is 12.7 Å². The first-order valence-corrected chi connectivity index (χ1v) is 8.09. The molecule has 0 fully saturated rings. The van der Waals surface area contributed by atoms with Crippen LogP contribution in [-0.2, 0) is 6.54 Å². The molecule has 3 aliphatic rings. The van der Waals surface area contributed by atoms with E-state index in [2.05, 4.69) is 12.1 Å². The van der Waals surface area contributed by atoms with Crippen molar-refractivity contribution in [3.8, 4) is 17.2 Å². The van der Waals surface area contributed by atoms with Gasteiger partial charge in [-0.1, -0.05) is 12.1 Å². The Kier molecular flexibility index (Phi) is 2.89. The molecule has 2 unspecified atom stereocenters. The normalized spacial score (nSPS) is 23.0. The number of hydrogen-bond acceptors (Lipinski definition) is 4. The van der Waals surface area contributed by atoms with Crippen LogP contribution >= 0.6 is 0 Å². The second-order valence-electron chi connectivity index (χ2n) is 6.38. The van der Waals surface area contributed by atoms with Crippen molar-refractivity contribution < 1.29 is 24.2 Å². The molecule has 0 amide bonds. The highest BCUT2D eigenvalue weighted by molar-refractivity contribution is 5.82. The van der Waals surface area contributed by atoms with Gasteiger partial charge in [0, 0.05) is 17.2 Å². The minimum atomic E-state index is -0.516. The largest absolute Gasteiger partial charge is 0.496 e. The lowest BCUT2D eigenvalue weighted by Gasteiger charge is -2.34. The Labute approximate surface area is 139 Å². The van der Waals surface area contributed by atoms with Gasteiger partial charge < -0.3 is 19.3 Å². The monoisotopic (exact) mass is 324 g/mol. The molecule has 2 atom stereocenters. The summed E-state index contributed by atoms with van der Waals surface area (Å²) in [4.78, 5) is 1.24. The minimum absolute atomic E-state index is 0.240. The molecule has 5 rings (SSSR count). The molecule has 0 bridgehead atoms. The van der Waals surface area contributed by atoms with Crippen LogP contribution < -0.4 is 19.1 Å². The number of aliphatic hydroxyl groups is 1. The smallest absolute Gasteiger partial charge is 0.231 e. The summed E-state index contributed by atoms with van der Waals surface area (Å²) in [6.45, 7) is 1.68. The Balaban J connectivity index is 1.70. The van der Waals surface area contributed by atoms with Crippen molar-refractivity contribution in [1.29, 1.82) is 0 Å². The van der Waals surface area contributed by atoms with E-state index in [0.29, 0.717) is 6.54 Å². The van der Waals surface area contributed by atoms with Crippen LogP contribution in [0.5, 0.6) is 17.2 Å². The maximum absolute atomic E-state index is 10.6. The molecule has 5 nitrogen and oxygen atoms in total. The summed E-state index contributed by atoms with van der Waals surface area (Å²) in [6.07, 6.45) is 1.68. The van der Waals surface area contributed by atoms with Gasteiger partial charge >= 0.3 is 0 Å². The summed E-state index contributed by atoms with van der Waals surface area (Å²) in [5.74, 6) is 2.37. The van der Waals surface area contributed by atoms with Gasteiger partial charge in [0.15, 0.2) is 11.5 Å². The number of hydrogen-bond donors (Lipinski definition) is 2. The summed E-state index contributed by atoms with van der Waals surface area (Å²) in [5.41, 5.74) is 5.51. The minimum Gasteiger partial charge on any atom is -0.496 e. The summed E-state index contributed by atoms with van der Waals surface area (Å²) in [7, 11) is 1.70. The highest BCUT2D eigenvalue weighted by atomic mass is 16.7. The molecule has 0 spiro atoms. The van der Waals surface area contributed by atoms with Crippen LogP contribution in [0.2, 0.25) is 0 Å². The first kappa shape index (κ1) is 13.9. The summed E-state index contributed by atoms with van der Waals surface area (Å²) < 4.78 is 16.5. The van der Waals surface area contributed by atoms with Gasteiger partial charge in [-0.3, -0.25) is 4.90 Å². The molecule has 0 radical (unpaired) electrons. The van der Waals surface area contributed by atoms with Crippen molar-refractivity contribution in [3.05, 3.63) is 52.6 Å². The van der Waals surface area contributed by atoms with Crippen LogP contribution in [0.1, 0.15) is 28.4 Å². The molecular formula is C19H18NO4+. The number of benzene rings is 2. The van der Waals surface area contributed by atoms with Gasteiger partial charge in [-0.25, -0.2) is 0 Å². The van der Waals surface area contributed by atoms with Gasteiger partial charge in [-0.2, -0.15) is 0 Å². The second-order valence-corrected chi connectivity index (χ2v) is 6.38. The van der Waals surface area contributed by atoms with Crippen LogP contribution in [-0.4, -0.2) is 25.6 Å². The van der Waals surface area contributed by atoms with E-state index in [1.807, 2.05) is 24.3 Å². The van der Waals surface area contributed by atoms with E-state index < -0.39 is 6.10 Å². The number of fused-ring (bicyclic) bond motifs is 5. The zero-order chi connectivity index (χ0) is 16.3. The first-order valence-electron chi connectivity index (χ1n) is 8.09. The topological polar surface area (TPSA) is 52.4 Å². The average molecular weight is 324 g/mol. The summed E-state index contributed by atoms with van der Waals surface area (Å²) in [5, 5.41) is 10.6. The molecule has 0 saturated heterocycles. The molecule has 0 aromatic heterocycles. The van der Waals surface area contributed by atoms with Crippen LogP contribution in [0.15, 0.2) is 30.3 Å². The van der Waals surface area contributed by atoms with Gasteiger partial charge in [0.25, 0.3) is 0 Å². The lowest BCUT2D eigenvalue weighted by Crippen LogP contribution is -3.09. The Hall–Kier alpha value is -2.50. The van der Waals surface area contributed by atoms with Crippen LogP contribution in [0, 0.1) is 0 Å². The molecule has 3 heterocycles. The van der Waals surface area contributed by atoms with Crippen molar-refractivity contribution in [2.24, 2.45) is 0 Å². The number of methoxy groups -OCH3 is 1. The van der Waals surface area contributed by atoms with Gasteiger partial charge in [0.2, 0.25) is 6.79 Å². The van der Waals surface area contributed by atoms with E-state index in [0.717, 1.165) is 34.9 Å². The SMILES string of the molecule is COc1cccc2c1C[NH+]1CC(O)c3cc4c(cc3C1=C2)OCO4. The number of nitrogens with one attached hydrogen (secondary N) is 1. The first-order chi connectivity index (χ1) is 11.7. The van der Waals surface area contributed by atoms with E-state index in [1.165, 1.54) is 21.7 Å². The lowest BCUT2D eigenvalue weighted by atomic mass is 9.89.